The Morgan fingerprint density at radius 1 is 1.00 bits per heavy atom. The third-order valence-electron chi connectivity index (χ3n) is 3.06. The Morgan fingerprint density at radius 3 is 2.20 bits per heavy atom. The number of nitrogens with zero attached hydrogens (tertiary/aromatic N) is 1. The highest BCUT2D eigenvalue weighted by Gasteiger charge is 2.02. The molecule has 0 amide bonds. The van der Waals surface area contributed by atoms with E-state index in [1.165, 1.54) is 45.2 Å². The van der Waals surface area contributed by atoms with Crippen LogP contribution in [0.3, 0.4) is 0 Å². The molecule has 1 N–H and O–H groups in total. The summed E-state index contributed by atoms with van der Waals surface area (Å²) in [6.45, 7) is 10.3. The molecule has 92 valence electrons. The number of hydrogen-bond donors (Lipinski definition) is 1. The van der Waals surface area contributed by atoms with Gasteiger partial charge in [0.2, 0.25) is 0 Å². The van der Waals surface area contributed by atoms with Crippen LogP contribution in [0, 0.1) is 0 Å². The van der Waals surface area contributed by atoms with Crippen molar-refractivity contribution in [1.82, 2.24) is 10.2 Å². The van der Waals surface area contributed by atoms with Crippen molar-refractivity contribution in [2.75, 3.05) is 26.7 Å². The predicted molar refractivity (Wildman–Crippen MR) is 69.4 cm³/mol. The van der Waals surface area contributed by atoms with Gasteiger partial charge in [-0.25, -0.2) is 0 Å². The molecule has 0 fully saturated rings. The Hall–Kier alpha value is -0.0800. The van der Waals surface area contributed by atoms with Crippen molar-refractivity contribution in [2.24, 2.45) is 0 Å². The van der Waals surface area contributed by atoms with Crippen molar-refractivity contribution in [1.29, 1.82) is 0 Å². The van der Waals surface area contributed by atoms with E-state index in [0.717, 1.165) is 6.54 Å². The van der Waals surface area contributed by atoms with Gasteiger partial charge in [-0.2, -0.15) is 0 Å². The molecule has 0 aromatic heterocycles. The molecule has 0 spiro atoms. The summed E-state index contributed by atoms with van der Waals surface area (Å²) in [5, 5.41) is 3.60. The van der Waals surface area contributed by atoms with Gasteiger partial charge in [0, 0.05) is 19.1 Å². The summed E-state index contributed by atoms with van der Waals surface area (Å²) in [5.74, 6) is 0. The van der Waals surface area contributed by atoms with E-state index in [4.69, 9.17) is 0 Å². The molecule has 0 heterocycles. The van der Waals surface area contributed by atoms with E-state index >= 15 is 0 Å². The highest BCUT2D eigenvalue weighted by molar-refractivity contribution is 4.63. The van der Waals surface area contributed by atoms with Crippen molar-refractivity contribution in [3.05, 3.63) is 0 Å². The topological polar surface area (TPSA) is 15.3 Å². The molecule has 0 aliphatic carbocycles. The molecule has 15 heavy (non-hydrogen) atoms. The monoisotopic (exact) mass is 214 g/mol. The van der Waals surface area contributed by atoms with E-state index in [9.17, 15) is 0 Å². The zero-order chi connectivity index (χ0) is 11.5. The van der Waals surface area contributed by atoms with E-state index in [1.807, 2.05) is 0 Å². The quantitative estimate of drug-likeness (QED) is 0.563. The fourth-order valence-corrected chi connectivity index (χ4v) is 1.78. The molecule has 0 aliphatic rings. The predicted octanol–water partition coefficient (Wildman–Crippen LogP) is 2.89. The summed E-state index contributed by atoms with van der Waals surface area (Å²) in [4.78, 5) is 2.44. The normalized spacial score (nSPS) is 11.6. The second kappa shape index (κ2) is 10.4. The molecule has 2 nitrogen and oxygen atoms in total. The van der Waals surface area contributed by atoms with Crippen LogP contribution >= 0.6 is 0 Å². The van der Waals surface area contributed by atoms with Crippen molar-refractivity contribution in [3.63, 3.8) is 0 Å². The molecule has 2 heteroatoms. The Morgan fingerprint density at radius 2 is 1.67 bits per heavy atom. The van der Waals surface area contributed by atoms with Crippen LogP contribution in [0.5, 0.6) is 0 Å². The minimum Gasteiger partial charge on any atom is -0.313 e. The lowest BCUT2D eigenvalue weighted by Crippen LogP contribution is -2.35. The number of hydrogen-bond acceptors (Lipinski definition) is 2. The van der Waals surface area contributed by atoms with Crippen LogP contribution in [-0.2, 0) is 0 Å². The van der Waals surface area contributed by atoms with Crippen LogP contribution in [0.4, 0.5) is 0 Å². The average Bonchev–Trinajstić information content (AvgIpc) is 2.25. The lowest BCUT2D eigenvalue weighted by atomic mass is 10.2. The second-order valence-corrected chi connectivity index (χ2v) is 4.48. The summed E-state index contributed by atoms with van der Waals surface area (Å²) in [6, 6.07) is 0.717. The molecule has 0 radical (unpaired) electrons. The third-order valence-corrected chi connectivity index (χ3v) is 3.06. The van der Waals surface area contributed by atoms with E-state index in [2.05, 4.69) is 38.0 Å². The number of rotatable bonds is 10. The van der Waals surface area contributed by atoms with Crippen molar-refractivity contribution >= 4 is 0 Å². The van der Waals surface area contributed by atoms with Gasteiger partial charge in [0.1, 0.15) is 0 Å². The van der Waals surface area contributed by atoms with Crippen molar-refractivity contribution in [3.8, 4) is 0 Å². The van der Waals surface area contributed by atoms with Crippen molar-refractivity contribution < 1.29 is 0 Å². The third kappa shape index (κ3) is 8.88. The Kier molecular flexibility index (Phi) is 10.4. The van der Waals surface area contributed by atoms with Crippen LogP contribution in [0.1, 0.15) is 52.9 Å². The maximum Gasteiger partial charge on any atom is 0.0104 e. The molecule has 0 atom stereocenters. The highest BCUT2D eigenvalue weighted by Crippen LogP contribution is 1.97. The first-order chi connectivity index (χ1) is 7.24. The van der Waals surface area contributed by atoms with E-state index < -0.39 is 0 Å². The zero-order valence-electron chi connectivity index (χ0n) is 11.2. The first-order valence-corrected chi connectivity index (χ1v) is 6.66. The van der Waals surface area contributed by atoms with Gasteiger partial charge in [-0.15, -0.1) is 0 Å². The number of unbranched alkanes of at least 4 members (excludes halogenated alkanes) is 2. The summed E-state index contributed by atoms with van der Waals surface area (Å²) in [7, 11) is 2.23. The van der Waals surface area contributed by atoms with Crippen LogP contribution in [-0.4, -0.2) is 37.6 Å². The summed E-state index contributed by atoms with van der Waals surface area (Å²) >= 11 is 0. The SMILES string of the molecule is CCCCCN(C)CCNC(CC)CC. The van der Waals surface area contributed by atoms with Crippen molar-refractivity contribution in [2.45, 2.75) is 58.9 Å². The molecule has 0 aliphatic heterocycles. The first-order valence-electron chi connectivity index (χ1n) is 6.66. The first kappa shape index (κ1) is 14.9. The zero-order valence-corrected chi connectivity index (χ0v) is 11.2. The lowest BCUT2D eigenvalue weighted by molar-refractivity contribution is 0.313. The molecule has 0 rings (SSSR count). The molecule has 0 saturated heterocycles. The fraction of sp³-hybridized carbons (Fsp3) is 1.00. The molecule has 0 saturated carbocycles. The average molecular weight is 214 g/mol. The molecule has 0 unspecified atom stereocenters. The molecule has 0 bridgehead atoms. The van der Waals surface area contributed by atoms with Gasteiger partial charge in [0.15, 0.2) is 0 Å². The molecular weight excluding hydrogens is 184 g/mol. The summed E-state index contributed by atoms with van der Waals surface area (Å²) in [6.07, 6.45) is 6.52. The van der Waals surface area contributed by atoms with Crippen LogP contribution < -0.4 is 5.32 Å². The van der Waals surface area contributed by atoms with Gasteiger partial charge in [0.25, 0.3) is 0 Å². The highest BCUT2D eigenvalue weighted by atomic mass is 15.1. The van der Waals surface area contributed by atoms with E-state index in [1.54, 1.807) is 0 Å². The standard InChI is InChI=1S/C13H30N2/c1-5-8-9-11-15(4)12-10-14-13(6-2)7-3/h13-14H,5-12H2,1-4H3. The Balaban J connectivity index is 3.33. The van der Waals surface area contributed by atoms with Crippen LogP contribution in [0.25, 0.3) is 0 Å². The van der Waals surface area contributed by atoms with Crippen LogP contribution in [0.2, 0.25) is 0 Å². The summed E-state index contributed by atoms with van der Waals surface area (Å²) < 4.78 is 0. The maximum atomic E-state index is 3.60. The minimum absolute atomic E-state index is 0.717. The number of nitrogens with one attached hydrogen (secondary N) is 1. The van der Waals surface area contributed by atoms with Gasteiger partial charge in [-0.05, 0) is 32.9 Å². The second-order valence-electron chi connectivity index (χ2n) is 4.48. The van der Waals surface area contributed by atoms with Gasteiger partial charge < -0.3 is 10.2 Å². The van der Waals surface area contributed by atoms with Gasteiger partial charge >= 0.3 is 0 Å². The lowest BCUT2D eigenvalue weighted by Gasteiger charge is -2.19. The van der Waals surface area contributed by atoms with Gasteiger partial charge in [-0.3, -0.25) is 0 Å². The van der Waals surface area contributed by atoms with Gasteiger partial charge in [-0.1, -0.05) is 33.6 Å². The molecule has 0 aromatic carbocycles. The molecule has 0 aromatic rings. The van der Waals surface area contributed by atoms with Gasteiger partial charge in [0.05, 0.1) is 0 Å². The minimum atomic E-state index is 0.717. The number of likely N-dealkylation sites (N-methyl/N-ethyl adjacent to an activating group) is 1. The Bertz CT molecular complexity index is 122. The van der Waals surface area contributed by atoms with Crippen LogP contribution in [0.15, 0.2) is 0 Å². The smallest absolute Gasteiger partial charge is 0.0104 e. The maximum absolute atomic E-state index is 3.60. The van der Waals surface area contributed by atoms with E-state index in [0.29, 0.717) is 6.04 Å². The largest absolute Gasteiger partial charge is 0.313 e. The molecular formula is C13H30N2. The Labute approximate surface area is 96.4 Å². The fourth-order valence-electron chi connectivity index (χ4n) is 1.78. The summed E-state index contributed by atoms with van der Waals surface area (Å²) in [5.41, 5.74) is 0. The van der Waals surface area contributed by atoms with E-state index in [-0.39, 0.29) is 0 Å².